The predicted molar refractivity (Wildman–Crippen MR) is 79.5 cm³/mol. The van der Waals surface area contributed by atoms with Gasteiger partial charge in [-0.1, -0.05) is 24.2 Å². The molecule has 1 atom stereocenters. The van der Waals surface area contributed by atoms with E-state index in [1.165, 1.54) is 17.8 Å². The van der Waals surface area contributed by atoms with E-state index in [0.29, 0.717) is 22.4 Å². The summed E-state index contributed by atoms with van der Waals surface area (Å²) in [4.78, 5) is 5.10. The van der Waals surface area contributed by atoms with Crippen molar-refractivity contribution in [2.45, 2.75) is 42.4 Å². The van der Waals surface area contributed by atoms with Crippen LogP contribution in [0.2, 0.25) is 0 Å². The van der Waals surface area contributed by atoms with Gasteiger partial charge in [-0.15, -0.1) is 11.8 Å². The Morgan fingerprint density at radius 3 is 3.00 bits per heavy atom. The van der Waals surface area contributed by atoms with Crippen molar-refractivity contribution >= 4 is 11.8 Å². The van der Waals surface area contributed by atoms with Crippen LogP contribution < -0.4 is 5.32 Å². The lowest BCUT2D eigenvalue weighted by Crippen LogP contribution is -2.36. The largest absolute Gasteiger partial charge is 0.337 e. The zero-order valence-corrected chi connectivity index (χ0v) is 12.8. The maximum Gasteiger partial charge on any atom is 0.246 e. The quantitative estimate of drug-likeness (QED) is 0.857. The van der Waals surface area contributed by atoms with Crippen molar-refractivity contribution in [2.75, 3.05) is 6.54 Å². The molecule has 0 radical (unpaired) electrons. The smallest absolute Gasteiger partial charge is 0.246 e. The highest BCUT2D eigenvalue weighted by molar-refractivity contribution is 7.98. The molecular weight excluding hydrogens is 289 g/mol. The second kappa shape index (κ2) is 6.15. The van der Waals surface area contributed by atoms with Crippen LogP contribution in [0.15, 0.2) is 33.7 Å². The molecule has 0 saturated carbocycles. The first-order chi connectivity index (χ1) is 10.2. The average molecular weight is 307 g/mol. The molecule has 1 unspecified atom stereocenters. The fraction of sp³-hybridized carbons (Fsp3) is 0.467. The molecule has 0 aliphatic carbocycles. The molecule has 1 N–H and O–H groups in total. The summed E-state index contributed by atoms with van der Waals surface area (Å²) in [6.45, 7) is 3.10. The summed E-state index contributed by atoms with van der Waals surface area (Å²) in [6, 6.07) is 6.72. The second-order valence-electron chi connectivity index (χ2n) is 5.20. The molecule has 1 aromatic heterocycles. The van der Waals surface area contributed by atoms with Crippen LogP contribution in [-0.2, 0) is 11.3 Å². The molecule has 1 aliphatic heterocycles. The number of nitrogens with one attached hydrogen (secondary N) is 1. The predicted octanol–water partition coefficient (Wildman–Crippen LogP) is 3.49. The normalized spacial score (nSPS) is 21.8. The van der Waals surface area contributed by atoms with Crippen molar-refractivity contribution in [3.8, 4) is 0 Å². The highest BCUT2D eigenvalue weighted by Gasteiger charge is 2.38. The number of thioether (sulfide) groups is 1. The van der Waals surface area contributed by atoms with E-state index < -0.39 is 0 Å². The molecule has 1 fully saturated rings. The molecule has 2 heterocycles. The summed E-state index contributed by atoms with van der Waals surface area (Å²) in [5.74, 6) is 1.56. The monoisotopic (exact) mass is 307 g/mol. The summed E-state index contributed by atoms with van der Waals surface area (Å²) in [7, 11) is 0. The molecule has 1 saturated heterocycles. The van der Waals surface area contributed by atoms with E-state index in [9.17, 15) is 4.39 Å². The van der Waals surface area contributed by atoms with Gasteiger partial charge in [0.1, 0.15) is 5.82 Å². The van der Waals surface area contributed by atoms with Crippen LogP contribution in [0.3, 0.4) is 0 Å². The maximum atomic E-state index is 13.6. The molecule has 4 nitrogen and oxygen atoms in total. The van der Waals surface area contributed by atoms with E-state index in [0.717, 1.165) is 25.8 Å². The Balaban J connectivity index is 1.69. The molecule has 2 aromatic rings. The molecule has 21 heavy (non-hydrogen) atoms. The van der Waals surface area contributed by atoms with Crippen molar-refractivity contribution in [1.82, 2.24) is 15.5 Å². The van der Waals surface area contributed by atoms with Crippen molar-refractivity contribution in [3.05, 3.63) is 41.8 Å². The standard InChI is InChI=1S/C15H18FN3OS/c1-2-15(8-5-9-17-15)14-18-13(19-20-14)10-21-12-7-4-3-6-11(12)16/h3-4,6-7,17H,2,5,8-10H2,1H3. The van der Waals surface area contributed by atoms with Gasteiger partial charge in [-0.25, -0.2) is 4.39 Å². The minimum absolute atomic E-state index is 0.173. The fourth-order valence-electron chi connectivity index (χ4n) is 2.65. The van der Waals surface area contributed by atoms with E-state index in [1.54, 1.807) is 12.1 Å². The summed E-state index contributed by atoms with van der Waals surface area (Å²) in [5.41, 5.74) is -0.173. The zero-order chi connectivity index (χ0) is 14.7. The lowest BCUT2D eigenvalue weighted by molar-refractivity contribution is 0.249. The number of aromatic nitrogens is 2. The van der Waals surface area contributed by atoms with Gasteiger partial charge in [0.25, 0.3) is 0 Å². The van der Waals surface area contributed by atoms with Crippen molar-refractivity contribution < 1.29 is 8.91 Å². The fourth-order valence-corrected chi connectivity index (χ4v) is 3.44. The van der Waals surface area contributed by atoms with Crippen molar-refractivity contribution in [2.24, 2.45) is 0 Å². The van der Waals surface area contributed by atoms with Crippen LogP contribution in [0.5, 0.6) is 0 Å². The van der Waals surface area contributed by atoms with Gasteiger partial charge in [-0.05, 0) is 37.9 Å². The molecule has 0 spiro atoms. The van der Waals surface area contributed by atoms with E-state index in [-0.39, 0.29) is 11.4 Å². The van der Waals surface area contributed by atoms with Crippen LogP contribution in [0.4, 0.5) is 4.39 Å². The van der Waals surface area contributed by atoms with Gasteiger partial charge in [0.2, 0.25) is 5.89 Å². The maximum absolute atomic E-state index is 13.6. The SMILES string of the molecule is CCC1(c2nc(CSc3ccccc3F)no2)CCCN1. The van der Waals surface area contributed by atoms with E-state index in [4.69, 9.17) is 4.52 Å². The molecule has 0 bridgehead atoms. The Hall–Kier alpha value is -1.40. The number of rotatable bonds is 5. The molecule has 1 aromatic carbocycles. The third kappa shape index (κ3) is 2.96. The van der Waals surface area contributed by atoms with Gasteiger partial charge in [0.05, 0.1) is 11.3 Å². The minimum atomic E-state index is -0.214. The average Bonchev–Trinajstić information content (AvgIpc) is 3.16. The third-order valence-electron chi connectivity index (χ3n) is 3.92. The number of benzene rings is 1. The summed E-state index contributed by atoms with van der Waals surface area (Å²) in [6.07, 6.45) is 3.07. The number of hydrogen-bond acceptors (Lipinski definition) is 5. The third-order valence-corrected chi connectivity index (χ3v) is 4.96. The first-order valence-electron chi connectivity index (χ1n) is 7.19. The Labute approximate surface area is 127 Å². The van der Waals surface area contributed by atoms with Gasteiger partial charge in [0.15, 0.2) is 5.82 Å². The highest BCUT2D eigenvalue weighted by atomic mass is 32.2. The highest BCUT2D eigenvalue weighted by Crippen LogP contribution is 2.33. The number of halogens is 1. The van der Waals surface area contributed by atoms with Crippen LogP contribution >= 0.6 is 11.8 Å². The molecular formula is C15H18FN3OS. The lowest BCUT2D eigenvalue weighted by atomic mass is 9.94. The van der Waals surface area contributed by atoms with Gasteiger partial charge in [0, 0.05) is 4.90 Å². The molecule has 3 rings (SSSR count). The van der Waals surface area contributed by atoms with Gasteiger partial charge in [-0.2, -0.15) is 4.98 Å². The molecule has 0 amide bonds. The van der Waals surface area contributed by atoms with Crippen LogP contribution in [0.1, 0.15) is 37.9 Å². The van der Waals surface area contributed by atoms with Crippen molar-refractivity contribution in [1.29, 1.82) is 0 Å². The molecule has 112 valence electrons. The van der Waals surface area contributed by atoms with Crippen molar-refractivity contribution in [3.63, 3.8) is 0 Å². The second-order valence-corrected chi connectivity index (χ2v) is 6.22. The topological polar surface area (TPSA) is 51.0 Å². The van der Waals surface area contributed by atoms with E-state index >= 15 is 0 Å². The van der Waals surface area contributed by atoms with Gasteiger partial charge in [-0.3, -0.25) is 0 Å². The molecule has 6 heteroatoms. The Kier molecular flexibility index (Phi) is 4.26. The van der Waals surface area contributed by atoms with Crippen LogP contribution in [0, 0.1) is 5.82 Å². The number of nitrogens with zero attached hydrogens (tertiary/aromatic N) is 2. The molecule has 1 aliphatic rings. The summed E-state index contributed by atoms with van der Waals surface area (Å²) >= 11 is 1.38. The van der Waals surface area contributed by atoms with Gasteiger partial charge >= 0.3 is 0 Å². The van der Waals surface area contributed by atoms with Crippen LogP contribution in [0.25, 0.3) is 0 Å². The summed E-state index contributed by atoms with van der Waals surface area (Å²) < 4.78 is 19.0. The lowest BCUT2D eigenvalue weighted by Gasteiger charge is -2.22. The Morgan fingerprint density at radius 2 is 2.29 bits per heavy atom. The minimum Gasteiger partial charge on any atom is -0.337 e. The first-order valence-corrected chi connectivity index (χ1v) is 8.17. The van der Waals surface area contributed by atoms with E-state index in [2.05, 4.69) is 22.4 Å². The Morgan fingerprint density at radius 1 is 1.43 bits per heavy atom. The van der Waals surface area contributed by atoms with Gasteiger partial charge < -0.3 is 9.84 Å². The first kappa shape index (κ1) is 14.5. The van der Waals surface area contributed by atoms with E-state index in [1.807, 2.05) is 6.07 Å². The van der Waals surface area contributed by atoms with Crippen LogP contribution in [-0.4, -0.2) is 16.7 Å². The summed E-state index contributed by atoms with van der Waals surface area (Å²) in [5, 5.41) is 7.50. The zero-order valence-electron chi connectivity index (χ0n) is 11.9. The number of hydrogen-bond donors (Lipinski definition) is 1. The Bertz CT molecular complexity index is 610.